The lowest BCUT2D eigenvalue weighted by atomic mass is 10.1. The summed E-state index contributed by atoms with van der Waals surface area (Å²) in [5, 5.41) is 0.811. The molecule has 0 bridgehead atoms. The van der Waals surface area contributed by atoms with Crippen LogP contribution in [-0.4, -0.2) is 12.6 Å². The molecule has 0 fully saturated rings. The van der Waals surface area contributed by atoms with Gasteiger partial charge in [-0.15, -0.1) is 0 Å². The number of halogens is 1. The third-order valence-electron chi connectivity index (χ3n) is 2.19. The number of aryl methyl sites for hydroxylation is 2. The van der Waals surface area contributed by atoms with Crippen molar-refractivity contribution in [3.63, 3.8) is 0 Å². The second kappa shape index (κ2) is 5.17. The van der Waals surface area contributed by atoms with E-state index in [0.717, 1.165) is 28.1 Å². The lowest BCUT2D eigenvalue weighted by Crippen LogP contribution is -2.03. The zero-order valence-corrected chi connectivity index (χ0v) is 10.0. The van der Waals surface area contributed by atoms with E-state index in [0.29, 0.717) is 6.61 Å². The fourth-order valence-electron chi connectivity index (χ4n) is 1.49. The third-order valence-corrected chi connectivity index (χ3v) is 2.79. The number of benzene rings is 1. The van der Waals surface area contributed by atoms with E-state index in [2.05, 4.69) is 0 Å². The predicted octanol–water partition coefficient (Wildman–Crippen LogP) is 3.06. The van der Waals surface area contributed by atoms with Crippen molar-refractivity contribution in [1.29, 1.82) is 0 Å². The minimum absolute atomic E-state index is 0.239. The van der Waals surface area contributed by atoms with E-state index >= 15 is 0 Å². The van der Waals surface area contributed by atoms with Gasteiger partial charge >= 0.3 is 5.97 Å². The monoisotopic (exact) mass is 226 g/mol. The van der Waals surface area contributed by atoms with E-state index in [1.807, 2.05) is 26.0 Å². The number of rotatable bonds is 3. The van der Waals surface area contributed by atoms with Crippen LogP contribution >= 0.6 is 11.6 Å². The van der Waals surface area contributed by atoms with Crippen LogP contribution in [0.1, 0.15) is 23.6 Å². The minimum Gasteiger partial charge on any atom is -0.466 e. The quantitative estimate of drug-likeness (QED) is 0.741. The highest BCUT2D eigenvalue weighted by Gasteiger charge is 2.03. The third kappa shape index (κ3) is 3.56. The predicted molar refractivity (Wildman–Crippen MR) is 61.3 cm³/mol. The van der Waals surface area contributed by atoms with Crippen LogP contribution in [-0.2, 0) is 16.0 Å². The van der Waals surface area contributed by atoms with Crippen LogP contribution in [0.25, 0.3) is 0 Å². The molecule has 1 aromatic carbocycles. The number of carbonyl (C=O) groups is 1. The number of ether oxygens (including phenoxy) is 1. The molecule has 0 spiro atoms. The Morgan fingerprint density at radius 2 is 1.87 bits per heavy atom. The molecule has 82 valence electrons. The fraction of sp³-hybridized carbons (Fsp3) is 0.417. The van der Waals surface area contributed by atoms with Crippen LogP contribution in [0.2, 0.25) is 5.02 Å². The van der Waals surface area contributed by atoms with Gasteiger partial charge in [0.2, 0.25) is 0 Å². The molecule has 0 saturated carbocycles. The first-order valence-corrected chi connectivity index (χ1v) is 5.27. The van der Waals surface area contributed by atoms with Gasteiger partial charge in [0.05, 0.1) is 6.61 Å². The molecule has 0 amide bonds. The van der Waals surface area contributed by atoms with Crippen LogP contribution in [0.5, 0.6) is 0 Å². The Hall–Kier alpha value is -1.02. The van der Waals surface area contributed by atoms with Gasteiger partial charge in [0, 0.05) is 18.4 Å². The van der Waals surface area contributed by atoms with Crippen LogP contribution < -0.4 is 0 Å². The van der Waals surface area contributed by atoms with Gasteiger partial charge in [-0.1, -0.05) is 23.7 Å². The summed E-state index contributed by atoms with van der Waals surface area (Å²) in [5.74, 6) is -0.239. The molecule has 0 aromatic heterocycles. The minimum atomic E-state index is -0.239. The highest BCUT2D eigenvalue weighted by Crippen LogP contribution is 2.21. The zero-order valence-electron chi connectivity index (χ0n) is 9.26. The molecule has 0 heterocycles. The zero-order chi connectivity index (χ0) is 11.4. The van der Waals surface area contributed by atoms with Gasteiger partial charge in [-0.05, 0) is 30.5 Å². The fourth-order valence-corrected chi connectivity index (χ4v) is 1.60. The molecule has 0 atom stereocenters. The van der Waals surface area contributed by atoms with Gasteiger partial charge in [-0.25, -0.2) is 0 Å². The van der Waals surface area contributed by atoms with E-state index in [-0.39, 0.29) is 5.97 Å². The molecule has 0 radical (unpaired) electrons. The Balaban J connectivity index is 2.66. The van der Waals surface area contributed by atoms with E-state index in [1.54, 1.807) is 0 Å². The van der Waals surface area contributed by atoms with Crippen molar-refractivity contribution in [3.05, 3.63) is 33.8 Å². The van der Waals surface area contributed by atoms with Gasteiger partial charge in [0.15, 0.2) is 0 Å². The van der Waals surface area contributed by atoms with Crippen molar-refractivity contribution >= 4 is 17.6 Å². The number of hydrogen-bond acceptors (Lipinski definition) is 2. The van der Waals surface area contributed by atoms with Gasteiger partial charge in [0.25, 0.3) is 0 Å². The summed E-state index contributed by atoms with van der Waals surface area (Å²) >= 11 is 6.05. The molecule has 0 saturated heterocycles. The van der Waals surface area contributed by atoms with Crippen molar-refractivity contribution < 1.29 is 9.53 Å². The molecule has 0 unspecified atom stereocenters. The topological polar surface area (TPSA) is 26.3 Å². The summed E-state index contributed by atoms with van der Waals surface area (Å²) in [7, 11) is 0. The normalized spacial score (nSPS) is 10.1. The van der Waals surface area contributed by atoms with E-state index < -0.39 is 0 Å². The Labute approximate surface area is 95.2 Å². The Morgan fingerprint density at radius 3 is 2.33 bits per heavy atom. The first-order chi connectivity index (χ1) is 7.00. The summed E-state index contributed by atoms with van der Waals surface area (Å²) in [6.07, 6.45) is 0.735. The molecule has 1 rings (SSSR count). The van der Waals surface area contributed by atoms with Crippen LogP contribution in [0.15, 0.2) is 12.1 Å². The standard InChI is InChI=1S/C12H15ClO2/c1-8-6-11(4-5-15-10(3)14)7-9(2)12(8)13/h6-7H,4-5H2,1-3H3. The first kappa shape index (κ1) is 12.1. The smallest absolute Gasteiger partial charge is 0.302 e. The van der Waals surface area contributed by atoms with E-state index in [9.17, 15) is 4.79 Å². The average molecular weight is 227 g/mol. The summed E-state index contributed by atoms with van der Waals surface area (Å²) in [6.45, 7) is 5.80. The molecule has 0 aliphatic carbocycles. The highest BCUT2D eigenvalue weighted by atomic mass is 35.5. The molecule has 0 aliphatic heterocycles. The van der Waals surface area contributed by atoms with Crippen LogP contribution in [0.3, 0.4) is 0 Å². The van der Waals surface area contributed by atoms with Gasteiger partial charge in [-0.2, -0.15) is 0 Å². The van der Waals surface area contributed by atoms with Crippen LogP contribution in [0, 0.1) is 13.8 Å². The molecular weight excluding hydrogens is 212 g/mol. The molecule has 3 heteroatoms. The summed E-state index contributed by atoms with van der Waals surface area (Å²) < 4.78 is 4.88. The molecule has 15 heavy (non-hydrogen) atoms. The van der Waals surface area contributed by atoms with Gasteiger partial charge in [0.1, 0.15) is 0 Å². The van der Waals surface area contributed by atoms with Crippen molar-refractivity contribution in [2.24, 2.45) is 0 Å². The highest BCUT2D eigenvalue weighted by molar-refractivity contribution is 6.32. The van der Waals surface area contributed by atoms with E-state index in [1.165, 1.54) is 6.92 Å². The Bertz CT molecular complexity index is 349. The summed E-state index contributed by atoms with van der Waals surface area (Å²) in [5.41, 5.74) is 3.28. The van der Waals surface area contributed by atoms with Crippen molar-refractivity contribution in [2.75, 3.05) is 6.61 Å². The maximum atomic E-state index is 10.6. The number of esters is 1. The first-order valence-electron chi connectivity index (χ1n) is 4.89. The van der Waals surface area contributed by atoms with Crippen molar-refractivity contribution in [1.82, 2.24) is 0 Å². The molecule has 1 aromatic rings. The second-order valence-corrected chi connectivity index (χ2v) is 4.01. The molecule has 2 nitrogen and oxygen atoms in total. The van der Waals surface area contributed by atoms with Gasteiger partial charge < -0.3 is 4.74 Å². The lowest BCUT2D eigenvalue weighted by Gasteiger charge is -2.07. The van der Waals surface area contributed by atoms with Crippen LogP contribution in [0.4, 0.5) is 0 Å². The Morgan fingerprint density at radius 1 is 1.33 bits per heavy atom. The number of hydrogen-bond donors (Lipinski definition) is 0. The second-order valence-electron chi connectivity index (χ2n) is 3.63. The molecule has 0 N–H and O–H groups in total. The Kier molecular flexibility index (Phi) is 4.15. The summed E-state index contributed by atoms with van der Waals surface area (Å²) in [4.78, 5) is 10.6. The average Bonchev–Trinajstić information content (AvgIpc) is 2.13. The maximum absolute atomic E-state index is 10.6. The maximum Gasteiger partial charge on any atom is 0.302 e. The summed E-state index contributed by atoms with van der Waals surface area (Å²) in [6, 6.07) is 4.05. The van der Waals surface area contributed by atoms with Crippen molar-refractivity contribution in [3.8, 4) is 0 Å². The lowest BCUT2D eigenvalue weighted by molar-refractivity contribution is -0.140. The van der Waals surface area contributed by atoms with Gasteiger partial charge in [-0.3, -0.25) is 4.79 Å². The largest absolute Gasteiger partial charge is 0.466 e. The SMILES string of the molecule is CC(=O)OCCc1cc(C)c(Cl)c(C)c1. The van der Waals surface area contributed by atoms with Crippen molar-refractivity contribution in [2.45, 2.75) is 27.2 Å². The van der Waals surface area contributed by atoms with E-state index in [4.69, 9.17) is 16.3 Å². The molecular formula is C12H15ClO2. The molecule has 0 aliphatic rings. The number of carbonyl (C=O) groups excluding carboxylic acids is 1.